The summed E-state index contributed by atoms with van der Waals surface area (Å²) in [4.78, 5) is -0.104. The van der Waals surface area contributed by atoms with Crippen LogP contribution in [0, 0.1) is 0 Å². The smallest absolute Gasteiger partial charge is 0.215 e. The number of nitrogens with one attached hydrogen (secondary N) is 1. The molecule has 0 aromatic heterocycles. The number of benzene rings is 1. The maximum Gasteiger partial charge on any atom is 0.253 e. The average molecular weight is 247 g/mol. The van der Waals surface area contributed by atoms with Crippen molar-refractivity contribution in [2.45, 2.75) is 4.90 Å². The van der Waals surface area contributed by atoms with E-state index in [1.54, 1.807) is 6.08 Å². The molecule has 0 saturated carbocycles. The zero-order chi connectivity index (χ0) is 11.5. The Morgan fingerprint density at radius 1 is 1.20 bits per heavy atom. The topological polar surface area (TPSA) is 80.3 Å². The van der Waals surface area contributed by atoms with Gasteiger partial charge in [-0.2, -0.15) is 0 Å². The molecule has 0 aliphatic heterocycles. The maximum atomic E-state index is 11.3. The number of hydrogen-bond donors (Lipinski definition) is 2. The molecule has 0 bridgehead atoms. The van der Waals surface area contributed by atoms with Crippen molar-refractivity contribution < 1.29 is 16.8 Å². The van der Waals surface area contributed by atoms with Crippen LogP contribution in [0.1, 0.15) is 5.56 Å². The molecular weight excluding hydrogens is 238 g/mol. The monoisotopic (exact) mass is 247 g/mol. The van der Waals surface area contributed by atoms with Gasteiger partial charge in [-0.05, 0) is 17.7 Å². The summed E-state index contributed by atoms with van der Waals surface area (Å²) in [5, 5.41) is 0. The van der Waals surface area contributed by atoms with Crippen molar-refractivity contribution in [3.63, 3.8) is 0 Å². The van der Waals surface area contributed by atoms with E-state index in [2.05, 4.69) is 6.58 Å². The first kappa shape index (κ1) is 11.9. The Morgan fingerprint density at radius 2 is 1.73 bits per heavy atom. The molecule has 82 valence electrons. The van der Waals surface area contributed by atoms with E-state index in [4.69, 9.17) is 0 Å². The van der Waals surface area contributed by atoms with Gasteiger partial charge in [-0.1, -0.05) is 24.8 Å². The second-order valence-electron chi connectivity index (χ2n) is 2.62. The standard InChI is InChI=1S/C8H9NO4S2/c1-2-7-3-5-8(6-4-7)15(12,13)9-14(10)11/h2-6,14H,1H2,(H,9,10,11). The minimum Gasteiger partial charge on any atom is -0.215 e. The molecule has 0 heterocycles. The van der Waals surface area contributed by atoms with Crippen LogP contribution >= 0.6 is 0 Å². The summed E-state index contributed by atoms with van der Waals surface area (Å²) in [5.74, 6) is 0. The first-order chi connectivity index (χ1) is 6.95. The Balaban J connectivity index is 3.11. The molecule has 1 aromatic carbocycles. The van der Waals surface area contributed by atoms with Gasteiger partial charge in [-0.15, -0.1) is 4.13 Å². The average Bonchev–Trinajstić information content (AvgIpc) is 2.16. The molecule has 0 unspecified atom stereocenters. The van der Waals surface area contributed by atoms with Gasteiger partial charge in [0.05, 0.1) is 4.90 Å². The van der Waals surface area contributed by atoms with Gasteiger partial charge in [-0.3, -0.25) is 0 Å². The summed E-state index contributed by atoms with van der Waals surface area (Å²) in [6.07, 6.45) is 1.55. The van der Waals surface area contributed by atoms with Crippen LogP contribution in [0.2, 0.25) is 0 Å². The highest BCUT2D eigenvalue weighted by atomic mass is 32.3. The van der Waals surface area contributed by atoms with E-state index >= 15 is 0 Å². The van der Waals surface area contributed by atoms with Crippen molar-refractivity contribution in [3.8, 4) is 0 Å². The highest BCUT2D eigenvalue weighted by molar-refractivity contribution is 7.98. The maximum absolute atomic E-state index is 11.3. The van der Waals surface area contributed by atoms with Crippen molar-refractivity contribution in [2.24, 2.45) is 0 Å². The Labute approximate surface area is 89.6 Å². The molecule has 0 radical (unpaired) electrons. The van der Waals surface area contributed by atoms with Gasteiger partial charge in [0.1, 0.15) is 0 Å². The van der Waals surface area contributed by atoms with Crippen molar-refractivity contribution in [1.82, 2.24) is 4.13 Å². The van der Waals surface area contributed by atoms with Gasteiger partial charge >= 0.3 is 0 Å². The van der Waals surface area contributed by atoms with E-state index in [9.17, 15) is 16.8 Å². The van der Waals surface area contributed by atoms with Crippen molar-refractivity contribution in [3.05, 3.63) is 36.4 Å². The zero-order valence-corrected chi connectivity index (χ0v) is 9.29. The molecular formula is C8H9NO4S2. The fourth-order valence-electron chi connectivity index (χ4n) is 0.934. The third kappa shape index (κ3) is 3.15. The SMILES string of the molecule is C=Cc1ccc(S(=O)(=O)N[SH](=O)=O)cc1. The molecule has 0 aliphatic rings. The summed E-state index contributed by atoms with van der Waals surface area (Å²) in [5.41, 5.74) is 0.750. The second-order valence-corrected chi connectivity index (χ2v) is 5.35. The molecule has 15 heavy (non-hydrogen) atoms. The molecule has 0 saturated heterocycles. The molecule has 0 fully saturated rings. The molecule has 0 amide bonds. The summed E-state index contributed by atoms with van der Waals surface area (Å²) in [6.45, 7) is 3.51. The lowest BCUT2D eigenvalue weighted by Crippen LogP contribution is -2.21. The minimum atomic E-state index is -3.97. The Bertz CT molecular complexity index is 520. The van der Waals surface area contributed by atoms with E-state index in [1.165, 1.54) is 28.4 Å². The molecule has 1 N–H and O–H groups in total. The van der Waals surface area contributed by atoms with E-state index in [-0.39, 0.29) is 4.90 Å². The normalized spacial score (nSPS) is 11.5. The fraction of sp³-hybridized carbons (Fsp3) is 0. The van der Waals surface area contributed by atoms with Gasteiger partial charge < -0.3 is 0 Å². The highest BCUT2D eigenvalue weighted by Crippen LogP contribution is 2.10. The van der Waals surface area contributed by atoms with E-state index < -0.39 is 20.9 Å². The lowest BCUT2D eigenvalue weighted by Gasteiger charge is -2.01. The largest absolute Gasteiger partial charge is 0.253 e. The number of sulfonamides is 1. The van der Waals surface area contributed by atoms with E-state index in [0.717, 1.165) is 5.56 Å². The summed E-state index contributed by atoms with van der Waals surface area (Å²) in [6, 6.07) is 5.66. The minimum absolute atomic E-state index is 0.104. The lowest BCUT2D eigenvalue weighted by molar-refractivity contribution is 0.585. The van der Waals surface area contributed by atoms with Crippen LogP contribution in [0.5, 0.6) is 0 Å². The van der Waals surface area contributed by atoms with Crippen molar-refractivity contribution in [2.75, 3.05) is 0 Å². The van der Waals surface area contributed by atoms with E-state index in [1.807, 2.05) is 0 Å². The second kappa shape index (κ2) is 4.56. The number of thiol groups is 1. The lowest BCUT2D eigenvalue weighted by atomic mass is 10.2. The third-order valence-electron chi connectivity index (χ3n) is 1.62. The summed E-state index contributed by atoms with van der Waals surface area (Å²) < 4.78 is 44.6. The molecule has 0 spiro atoms. The Hall–Kier alpha value is -1.18. The van der Waals surface area contributed by atoms with Gasteiger partial charge in [0, 0.05) is 0 Å². The zero-order valence-electron chi connectivity index (χ0n) is 7.58. The van der Waals surface area contributed by atoms with Crippen molar-refractivity contribution in [1.29, 1.82) is 0 Å². The van der Waals surface area contributed by atoms with Crippen LogP contribution in [0.15, 0.2) is 35.7 Å². The summed E-state index contributed by atoms with van der Waals surface area (Å²) in [7, 11) is -7.15. The molecule has 5 nitrogen and oxygen atoms in total. The molecule has 0 atom stereocenters. The van der Waals surface area contributed by atoms with Crippen LogP contribution < -0.4 is 4.13 Å². The van der Waals surface area contributed by atoms with Crippen LogP contribution in [-0.2, 0) is 20.9 Å². The predicted octanol–water partition coefficient (Wildman–Crippen LogP) is 0.134. The fourth-order valence-corrected chi connectivity index (χ4v) is 2.63. The van der Waals surface area contributed by atoms with Crippen LogP contribution in [0.25, 0.3) is 6.08 Å². The Kier molecular flexibility index (Phi) is 3.61. The van der Waals surface area contributed by atoms with Crippen LogP contribution in [0.3, 0.4) is 0 Å². The number of hydrogen-bond acceptors (Lipinski definition) is 4. The molecule has 1 rings (SSSR count). The third-order valence-corrected chi connectivity index (χ3v) is 4.07. The van der Waals surface area contributed by atoms with Gasteiger partial charge in [0.25, 0.3) is 10.0 Å². The van der Waals surface area contributed by atoms with Gasteiger partial charge in [0.2, 0.25) is 10.9 Å². The molecule has 0 aliphatic carbocycles. The van der Waals surface area contributed by atoms with Crippen LogP contribution in [0.4, 0.5) is 0 Å². The van der Waals surface area contributed by atoms with Crippen molar-refractivity contribution >= 4 is 27.0 Å². The molecule has 7 heteroatoms. The first-order valence-electron chi connectivity index (χ1n) is 3.85. The predicted molar refractivity (Wildman–Crippen MR) is 57.2 cm³/mol. The van der Waals surface area contributed by atoms with E-state index in [0.29, 0.717) is 0 Å². The van der Waals surface area contributed by atoms with Gasteiger partial charge in [0.15, 0.2) is 0 Å². The molecule has 1 aromatic rings. The number of rotatable bonds is 4. The summed E-state index contributed by atoms with van der Waals surface area (Å²) >= 11 is 0. The van der Waals surface area contributed by atoms with Crippen LogP contribution in [-0.4, -0.2) is 16.8 Å². The quantitative estimate of drug-likeness (QED) is 0.741. The first-order valence-corrected chi connectivity index (χ1v) is 6.51. The van der Waals surface area contributed by atoms with Gasteiger partial charge in [-0.25, -0.2) is 16.8 Å². The highest BCUT2D eigenvalue weighted by Gasteiger charge is 2.13. The Morgan fingerprint density at radius 3 is 2.13 bits per heavy atom.